The van der Waals surface area contributed by atoms with Gasteiger partial charge in [0.05, 0.1) is 22.4 Å². The Morgan fingerprint density at radius 1 is 0.804 bits per heavy atom. The summed E-state index contributed by atoms with van der Waals surface area (Å²) in [6.45, 7) is 11.6. The van der Waals surface area contributed by atoms with Crippen molar-refractivity contribution in [2.75, 3.05) is 6.61 Å². The van der Waals surface area contributed by atoms with Gasteiger partial charge >= 0.3 is 23.9 Å². The largest absolute Gasteiger partial charge is 0.459 e. The van der Waals surface area contributed by atoms with Gasteiger partial charge in [0.1, 0.15) is 36.0 Å². The van der Waals surface area contributed by atoms with E-state index in [-0.39, 0.29) is 33.6 Å². The molecule has 1 fully saturated rings. The number of benzene rings is 3. The molecule has 12 nitrogen and oxygen atoms in total. The Morgan fingerprint density at radius 3 is 1.78 bits per heavy atom. The molecule has 264 valence electrons. The highest BCUT2D eigenvalue weighted by Crippen LogP contribution is 2.47. The van der Waals surface area contributed by atoms with Crippen LogP contribution in [0.25, 0.3) is 0 Å². The van der Waals surface area contributed by atoms with Crippen LogP contribution in [0.1, 0.15) is 103 Å². The van der Waals surface area contributed by atoms with E-state index in [0.29, 0.717) is 0 Å². The van der Waals surface area contributed by atoms with E-state index in [9.17, 15) is 24.4 Å². The number of hydrogen-bond acceptors (Lipinski definition) is 11. The number of esters is 4. The molecule has 1 saturated heterocycles. The molecule has 1 aliphatic heterocycles. The van der Waals surface area contributed by atoms with Crippen LogP contribution in [0.5, 0.6) is 0 Å². The number of ether oxygens (including phenoxy) is 5. The minimum atomic E-state index is -1.90. The number of carbonyl (C=O) groups is 4. The number of aryl methyl sites for hydroxylation is 3. The molecule has 4 aromatic rings. The first-order valence-electron chi connectivity index (χ1n) is 16.3. The quantitative estimate of drug-likeness (QED) is 0.154. The van der Waals surface area contributed by atoms with Crippen LogP contribution < -0.4 is 0 Å². The highest BCUT2D eigenvalue weighted by Gasteiger charge is 2.61. The maximum absolute atomic E-state index is 13.8. The molecule has 3 unspecified atom stereocenters. The maximum atomic E-state index is 13.8. The van der Waals surface area contributed by atoms with Gasteiger partial charge in [-0.15, -0.1) is 0 Å². The van der Waals surface area contributed by atoms with E-state index in [1.807, 2.05) is 26.8 Å². The summed E-state index contributed by atoms with van der Waals surface area (Å²) in [4.78, 5) is 54.2. The second kappa shape index (κ2) is 14.6. The van der Waals surface area contributed by atoms with Gasteiger partial charge in [0, 0.05) is 0 Å². The maximum Gasteiger partial charge on any atom is 0.343 e. The summed E-state index contributed by atoms with van der Waals surface area (Å²) < 4.78 is 30.0. The van der Waals surface area contributed by atoms with Crippen LogP contribution in [0.3, 0.4) is 0 Å². The van der Waals surface area contributed by atoms with E-state index >= 15 is 0 Å². The number of aromatic amines is 1. The smallest absolute Gasteiger partial charge is 0.343 e. The number of nitrogens with zero attached hydrogens (tertiary/aromatic N) is 2. The van der Waals surface area contributed by atoms with E-state index in [1.165, 1.54) is 6.92 Å². The van der Waals surface area contributed by atoms with Crippen molar-refractivity contribution in [2.45, 2.75) is 78.0 Å². The Labute approximate surface area is 295 Å². The third-order valence-electron chi connectivity index (χ3n) is 8.29. The first-order chi connectivity index (χ1) is 24.1. The van der Waals surface area contributed by atoms with Crippen LogP contribution in [0.2, 0.25) is 0 Å². The summed E-state index contributed by atoms with van der Waals surface area (Å²) in [5.74, 6) is -3.13. The molecule has 0 radical (unpaired) electrons. The van der Waals surface area contributed by atoms with Gasteiger partial charge in [-0.3, -0.25) is 5.10 Å². The molecule has 0 spiro atoms. The second-order valence-electron chi connectivity index (χ2n) is 13.6. The third kappa shape index (κ3) is 8.16. The third-order valence-corrected chi connectivity index (χ3v) is 8.29. The average Bonchev–Trinajstić information content (AvgIpc) is 3.62. The minimum Gasteiger partial charge on any atom is -0.459 e. The Balaban J connectivity index is 1.61. The molecular formula is C39H39N3O9. The fourth-order valence-corrected chi connectivity index (χ4v) is 5.60. The topological polar surface area (TPSA) is 167 Å². The van der Waals surface area contributed by atoms with E-state index < -0.39 is 60.0 Å². The molecule has 1 aliphatic rings. The van der Waals surface area contributed by atoms with Crippen molar-refractivity contribution < 1.29 is 42.9 Å². The molecule has 0 amide bonds. The van der Waals surface area contributed by atoms with Crippen LogP contribution in [-0.2, 0) is 23.7 Å². The predicted octanol–water partition coefficient (Wildman–Crippen LogP) is 6.30. The lowest BCUT2D eigenvalue weighted by atomic mass is 9.88. The van der Waals surface area contributed by atoms with E-state index in [1.54, 1.807) is 93.6 Å². The summed E-state index contributed by atoms with van der Waals surface area (Å²) in [6.07, 6.45) is -4.07. The first-order valence-corrected chi connectivity index (χ1v) is 16.3. The molecule has 51 heavy (non-hydrogen) atoms. The second-order valence-corrected chi connectivity index (χ2v) is 13.6. The molecule has 0 saturated carbocycles. The number of nitrogens with one attached hydrogen (secondary N) is 1. The van der Waals surface area contributed by atoms with Crippen LogP contribution in [0.4, 0.5) is 0 Å². The molecule has 0 bridgehead atoms. The molecule has 2 heterocycles. The van der Waals surface area contributed by atoms with Crippen molar-refractivity contribution in [3.05, 3.63) is 123 Å². The zero-order chi connectivity index (χ0) is 37.1. The number of H-pyrrole nitrogens is 1. The van der Waals surface area contributed by atoms with E-state index in [0.717, 1.165) is 16.7 Å². The van der Waals surface area contributed by atoms with Crippen molar-refractivity contribution in [2.24, 2.45) is 0 Å². The molecular weight excluding hydrogens is 654 g/mol. The zero-order valence-corrected chi connectivity index (χ0v) is 29.4. The van der Waals surface area contributed by atoms with E-state index in [4.69, 9.17) is 23.7 Å². The predicted molar refractivity (Wildman–Crippen MR) is 183 cm³/mol. The van der Waals surface area contributed by atoms with Gasteiger partial charge in [-0.25, -0.2) is 19.2 Å². The molecule has 3 aromatic carbocycles. The lowest BCUT2D eigenvalue weighted by molar-refractivity contribution is -0.0898. The van der Waals surface area contributed by atoms with Gasteiger partial charge in [0.25, 0.3) is 0 Å². The van der Waals surface area contributed by atoms with Gasteiger partial charge in [-0.1, -0.05) is 53.1 Å². The number of rotatable bonds is 9. The fraction of sp³-hybridized carbons (Fsp3) is 0.333. The number of aromatic nitrogens is 2. The Kier molecular flexibility index (Phi) is 10.4. The summed E-state index contributed by atoms with van der Waals surface area (Å²) in [7, 11) is 0. The fourth-order valence-electron chi connectivity index (χ4n) is 5.60. The van der Waals surface area contributed by atoms with Crippen molar-refractivity contribution in [1.82, 2.24) is 10.2 Å². The number of nitriles is 1. The lowest BCUT2D eigenvalue weighted by Crippen LogP contribution is -2.50. The van der Waals surface area contributed by atoms with Gasteiger partial charge < -0.3 is 23.7 Å². The molecule has 12 heteroatoms. The Bertz CT molecular complexity index is 1970. The lowest BCUT2D eigenvalue weighted by Gasteiger charge is -2.34. The summed E-state index contributed by atoms with van der Waals surface area (Å²) in [5.41, 5.74) is -0.0378. The van der Waals surface area contributed by atoms with Gasteiger partial charge in [-0.05, 0) is 84.9 Å². The van der Waals surface area contributed by atoms with Gasteiger partial charge in [0.15, 0.2) is 17.4 Å². The highest BCUT2D eigenvalue weighted by atomic mass is 16.7. The normalized spacial score (nSPS) is 19.8. The highest BCUT2D eigenvalue weighted by molar-refractivity contribution is 5.94. The standard InChI is InChI=1S/C39H39N3O9/c1-22-8-14-25(15-9-22)34(43)47-21-29-32(49-35(44)26-16-10-23(2)11-17-26)39(7,51-36(45)27-18-12-24(3)13-19-27)33(48-29)31-30(28(20-40)41-42-31)37(46)50-38(4,5)6/h8-19,29,32-33H,21H2,1-7H3,(H,41,42)/t29?,32?,33?,39-/m1/s1. The summed E-state index contributed by atoms with van der Waals surface area (Å²) in [5, 5.41) is 16.6. The number of carbonyl (C=O) groups excluding carboxylic acids is 4. The molecule has 1 aromatic heterocycles. The monoisotopic (exact) mass is 693 g/mol. The van der Waals surface area contributed by atoms with Gasteiger partial charge in [0.2, 0.25) is 0 Å². The van der Waals surface area contributed by atoms with Crippen molar-refractivity contribution >= 4 is 23.9 Å². The zero-order valence-electron chi connectivity index (χ0n) is 29.4. The van der Waals surface area contributed by atoms with Gasteiger partial charge in [-0.2, -0.15) is 10.4 Å². The van der Waals surface area contributed by atoms with Crippen LogP contribution >= 0.6 is 0 Å². The first kappa shape index (κ1) is 36.5. The molecule has 1 N–H and O–H groups in total. The Morgan fingerprint density at radius 2 is 1.29 bits per heavy atom. The van der Waals surface area contributed by atoms with Crippen molar-refractivity contribution in [3.8, 4) is 6.07 Å². The Hall–Kier alpha value is -5.80. The summed E-state index contributed by atoms with van der Waals surface area (Å²) in [6, 6.07) is 21.9. The van der Waals surface area contributed by atoms with Crippen molar-refractivity contribution in [3.63, 3.8) is 0 Å². The molecule has 4 atom stereocenters. The van der Waals surface area contributed by atoms with Crippen LogP contribution in [-0.4, -0.2) is 64.1 Å². The van der Waals surface area contributed by atoms with Crippen molar-refractivity contribution in [1.29, 1.82) is 5.26 Å². The van der Waals surface area contributed by atoms with E-state index in [2.05, 4.69) is 10.2 Å². The average molecular weight is 694 g/mol. The number of hydrogen-bond donors (Lipinski definition) is 1. The molecule has 0 aliphatic carbocycles. The van der Waals surface area contributed by atoms with Crippen LogP contribution in [0, 0.1) is 32.1 Å². The van der Waals surface area contributed by atoms with Crippen LogP contribution in [0.15, 0.2) is 72.8 Å². The molecule has 5 rings (SSSR count). The minimum absolute atomic E-state index is 0.0660. The summed E-state index contributed by atoms with van der Waals surface area (Å²) >= 11 is 0. The SMILES string of the molecule is Cc1ccc(C(=O)OCC2OC(c3[nH]nc(C#N)c3C(=O)OC(C)(C)C)[C@](C)(OC(=O)c3ccc(C)cc3)C2OC(=O)c2ccc(C)cc2)cc1.